The van der Waals surface area contributed by atoms with Gasteiger partial charge in [-0.2, -0.15) is 9.29 Å². The number of carbonyl (C=O) groups excluding carboxylic acids is 1. The van der Waals surface area contributed by atoms with Crippen molar-refractivity contribution in [3.05, 3.63) is 64.8 Å². The summed E-state index contributed by atoms with van der Waals surface area (Å²) in [5.74, 6) is 0.514. The van der Waals surface area contributed by atoms with Crippen molar-refractivity contribution in [3.63, 3.8) is 0 Å². The molecule has 0 saturated heterocycles. The van der Waals surface area contributed by atoms with Gasteiger partial charge in [-0.3, -0.25) is 4.79 Å². The molecule has 2 heterocycles. The molecule has 2 aromatic carbocycles. The van der Waals surface area contributed by atoms with Crippen molar-refractivity contribution in [1.29, 1.82) is 0 Å². The van der Waals surface area contributed by atoms with Crippen molar-refractivity contribution in [1.82, 2.24) is 19.6 Å². The zero-order valence-electron chi connectivity index (χ0n) is 19.5. The van der Waals surface area contributed by atoms with Gasteiger partial charge in [0, 0.05) is 45.1 Å². The van der Waals surface area contributed by atoms with Gasteiger partial charge in [-0.15, -0.1) is 0 Å². The Hall–Kier alpha value is -3.41. The van der Waals surface area contributed by atoms with Gasteiger partial charge >= 0.3 is 0 Å². The second-order valence-electron chi connectivity index (χ2n) is 8.04. The molecule has 0 saturated carbocycles. The number of carbonyl (C=O) groups is 1. The lowest BCUT2D eigenvalue weighted by Crippen LogP contribution is -2.31. The molecule has 12 heteroatoms. The number of anilines is 5. The largest absolute Gasteiger partial charge is 0.383 e. The number of sulfonamides is 1. The van der Waals surface area contributed by atoms with Crippen LogP contribution in [0.5, 0.6) is 0 Å². The molecule has 1 aromatic heterocycles. The molecular formula is C23H26ClN7O3S. The van der Waals surface area contributed by atoms with Crippen LogP contribution in [0.1, 0.15) is 15.9 Å². The van der Waals surface area contributed by atoms with E-state index in [1.807, 2.05) is 31.3 Å². The molecule has 0 unspecified atom stereocenters. The Morgan fingerprint density at radius 3 is 2.74 bits per heavy atom. The summed E-state index contributed by atoms with van der Waals surface area (Å²) in [5, 5.41) is 9.36. The molecule has 1 aliphatic heterocycles. The van der Waals surface area contributed by atoms with E-state index in [1.54, 1.807) is 30.1 Å². The van der Waals surface area contributed by atoms with E-state index in [-0.39, 0.29) is 5.91 Å². The van der Waals surface area contributed by atoms with Crippen LogP contribution in [-0.4, -0.2) is 62.0 Å². The number of aromatic nitrogens is 2. The van der Waals surface area contributed by atoms with Crippen molar-refractivity contribution < 1.29 is 13.2 Å². The van der Waals surface area contributed by atoms with E-state index in [2.05, 4.69) is 25.9 Å². The fourth-order valence-corrected chi connectivity index (χ4v) is 4.65. The highest BCUT2D eigenvalue weighted by molar-refractivity contribution is 7.88. The summed E-state index contributed by atoms with van der Waals surface area (Å²) < 4.78 is 25.5. The number of fused-ring (bicyclic) bond motifs is 1. The van der Waals surface area contributed by atoms with E-state index in [0.717, 1.165) is 16.9 Å². The Morgan fingerprint density at radius 2 is 2.00 bits per heavy atom. The van der Waals surface area contributed by atoms with E-state index in [4.69, 9.17) is 11.6 Å². The smallest absolute Gasteiger partial charge is 0.253 e. The van der Waals surface area contributed by atoms with E-state index in [9.17, 15) is 13.2 Å². The van der Waals surface area contributed by atoms with Gasteiger partial charge in [0.25, 0.3) is 5.91 Å². The molecule has 35 heavy (non-hydrogen) atoms. The summed E-state index contributed by atoms with van der Waals surface area (Å²) in [6, 6.07) is 12.8. The molecule has 0 radical (unpaired) electrons. The van der Waals surface area contributed by atoms with Crippen LogP contribution in [0.15, 0.2) is 48.7 Å². The number of para-hydroxylation sites is 1. The first-order valence-corrected chi connectivity index (χ1v) is 13.1. The van der Waals surface area contributed by atoms with Gasteiger partial charge < -0.3 is 20.9 Å². The van der Waals surface area contributed by atoms with E-state index in [1.165, 1.54) is 16.8 Å². The fourth-order valence-electron chi connectivity index (χ4n) is 3.72. The molecule has 10 nitrogen and oxygen atoms in total. The number of nitrogens with one attached hydrogen (secondary N) is 3. The lowest BCUT2D eigenvalue weighted by molar-refractivity contribution is 0.0964. The van der Waals surface area contributed by atoms with E-state index < -0.39 is 10.0 Å². The number of rotatable bonds is 6. The Balaban J connectivity index is 1.61. The summed E-state index contributed by atoms with van der Waals surface area (Å²) in [5.41, 5.74) is 3.57. The predicted octanol–water partition coefficient (Wildman–Crippen LogP) is 3.19. The summed E-state index contributed by atoms with van der Waals surface area (Å²) in [6.07, 6.45) is 2.72. The number of amides is 1. The molecule has 4 rings (SSSR count). The number of nitrogens with zero attached hydrogens (tertiary/aromatic N) is 4. The molecule has 0 fully saturated rings. The molecule has 1 amide bonds. The monoisotopic (exact) mass is 515 g/mol. The summed E-state index contributed by atoms with van der Waals surface area (Å²) in [4.78, 5) is 23.0. The Kier molecular flexibility index (Phi) is 7.10. The number of benzene rings is 2. The number of hydrogen-bond donors (Lipinski definition) is 3. The molecule has 0 bridgehead atoms. The van der Waals surface area contributed by atoms with Crippen LogP contribution < -0.4 is 20.9 Å². The van der Waals surface area contributed by atoms with Gasteiger partial charge in [-0.05, 0) is 29.8 Å². The molecule has 184 valence electrons. The Labute approximate surface area is 209 Å². The highest BCUT2D eigenvalue weighted by Gasteiger charge is 2.22. The van der Waals surface area contributed by atoms with E-state index in [0.29, 0.717) is 47.7 Å². The van der Waals surface area contributed by atoms with E-state index >= 15 is 0 Å². The first kappa shape index (κ1) is 24.7. The van der Waals surface area contributed by atoms with Crippen LogP contribution in [0.4, 0.5) is 28.8 Å². The topological polar surface area (TPSA) is 120 Å². The van der Waals surface area contributed by atoms with Gasteiger partial charge in [0.05, 0.1) is 23.7 Å². The van der Waals surface area contributed by atoms with Crippen molar-refractivity contribution in [2.45, 2.75) is 6.54 Å². The molecule has 3 aromatic rings. The predicted molar refractivity (Wildman–Crippen MR) is 138 cm³/mol. The van der Waals surface area contributed by atoms with Gasteiger partial charge in [0.15, 0.2) is 5.82 Å². The summed E-state index contributed by atoms with van der Waals surface area (Å²) >= 11 is 6.36. The fraction of sp³-hybridized carbons (Fsp3) is 0.261. The maximum absolute atomic E-state index is 12.2. The van der Waals surface area contributed by atoms with Crippen LogP contribution in [0.3, 0.4) is 0 Å². The molecule has 0 spiro atoms. The van der Waals surface area contributed by atoms with Gasteiger partial charge in [0.1, 0.15) is 5.02 Å². The first-order valence-electron chi connectivity index (χ1n) is 10.8. The quantitative estimate of drug-likeness (QED) is 0.458. The van der Waals surface area contributed by atoms with Crippen LogP contribution in [0.2, 0.25) is 5.02 Å². The third-order valence-corrected chi connectivity index (χ3v) is 7.18. The van der Waals surface area contributed by atoms with Crippen LogP contribution in [0, 0.1) is 0 Å². The third kappa shape index (κ3) is 5.47. The number of hydrogen-bond acceptors (Lipinski definition) is 8. The molecule has 1 aliphatic rings. The Morgan fingerprint density at radius 1 is 1.23 bits per heavy atom. The minimum absolute atomic E-state index is 0.234. The molecule has 0 aliphatic carbocycles. The third-order valence-electron chi connectivity index (χ3n) is 5.66. The second kappa shape index (κ2) is 10.1. The summed E-state index contributed by atoms with van der Waals surface area (Å²) in [7, 11) is 0.106. The maximum atomic E-state index is 12.2. The zero-order valence-corrected chi connectivity index (χ0v) is 21.1. The average Bonchev–Trinajstić information content (AvgIpc) is 3.07. The lowest BCUT2D eigenvalue weighted by atomic mass is 10.1. The highest BCUT2D eigenvalue weighted by Crippen LogP contribution is 2.31. The van der Waals surface area contributed by atoms with Gasteiger partial charge in [-0.1, -0.05) is 29.8 Å². The standard InChI is InChI=1S/C23H26ClN7O3S/c1-25-22(32)17-6-4-5-7-19(17)28-21-18(24)13-27-23(29-21)30(2)16-9-8-15-14-31(35(3,33)34)11-10-26-20(15)12-16/h4-9,12-13,26H,10-11,14H2,1-3H3,(H,25,32)(H,27,28,29). The van der Waals surface area contributed by atoms with Crippen molar-refractivity contribution in [2.24, 2.45) is 0 Å². The molecule has 3 N–H and O–H groups in total. The normalized spacial score (nSPS) is 13.8. The van der Waals surface area contributed by atoms with Crippen molar-refractivity contribution >= 4 is 56.4 Å². The Bertz CT molecular complexity index is 1370. The van der Waals surface area contributed by atoms with Crippen LogP contribution >= 0.6 is 11.6 Å². The van der Waals surface area contributed by atoms with Crippen molar-refractivity contribution in [2.75, 3.05) is 49.0 Å². The SMILES string of the molecule is CNC(=O)c1ccccc1Nc1nc(N(C)c2ccc3c(c2)NCCN(S(C)(=O)=O)C3)ncc1Cl. The summed E-state index contributed by atoms with van der Waals surface area (Å²) in [6.45, 7) is 1.20. The zero-order chi connectivity index (χ0) is 25.2. The van der Waals surface area contributed by atoms with Crippen LogP contribution in [-0.2, 0) is 16.6 Å². The molecule has 0 atom stereocenters. The van der Waals surface area contributed by atoms with Gasteiger partial charge in [-0.25, -0.2) is 13.4 Å². The minimum Gasteiger partial charge on any atom is -0.383 e. The second-order valence-corrected chi connectivity index (χ2v) is 10.4. The maximum Gasteiger partial charge on any atom is 0.253 e. The lowest BCUT2D eigenvalue weighted by Gasteiger charge is -2.21. The van der Waals surface area contributed by atoms with Gasteiger partial charge in [0.2, 0.25) is 16.0 Å². The first-order chi connectivity index (χ1) is 16.7. The highest BCUT2D eigenvalue weighted by atomic mass is 35.5. The molecular weight excluding hydrogens is 490 g/mol. The number of halogens is 1. The van der Waals surface area contributed by atoms with Crippen molar-refractivity contribution in [3.8, 4) is 0 Å². The minimum atomic E-state index is -3.29. The van der Waals surface area contributed by atoms with Crippen LogP contribution in [0.25, 0.3) is 0 Å². The average molecular weight is 516 g/mol.